The Kier molecular flexibility index (Phi) is 3.35. The molecule has 0 saturated heterocycles. The molecule has 68 valence electrons. The molecule has 12 heavy (non-hydrogen) atoms. The van der Waals surface area contributed by atoms with Crippen molar-refractivity contribution < 1.29 is 9.84 Å². The second-order valence-corrected chi connectivity index (χ2v) is 4.10. The van der Waals surface area contributed by atoms with Gasteiger partial charge in [-0.1, -0.05) is 28.1 Å². The van der Waals surface area contributed by atoms with E-state index < -0.39 is 11.0 Å². The van der Waals surface area contributed by atoms with Gasteiger partial charge in [0.25, 0.3) is 0 Å². The monoisotopic (exact) mass is 252 g/mol. The van der Waals surface area contributed by atoms with Crippen LogP contribution < -0.4 is 0 Å². The second kappa shape index (κ2) is 3.92. The molecule has 0 radical (unpaired) electrons. The lowest BCUT2D eigenvalue weighted by Gasteiger charge is -2.29. The first-order valence-corrected chi connectivity index (χ1v) is 4.73. The fourth-order valence-corrected chi connectivity index (χ4v) is 1.81. The molecular weight excluding hydrogens is 243 g/mol. The van der Waals surface area contributed by atoms with Crippen LogP contribution in [-0.4, -0.2) is 29.8 Å². The molecule has 4 heteroatoms. The molecule has 1 rings (SSSR count). The van der Waals surface area contributed by atoms with Crippen molar-refractivity contribution in [1.29, 1.82) is 0 Å². The van der Waals surface area contributed by atoms with Gasteiger partial charge in [-0.25, -0.2) is 0 Å². The first-order valence-electron chi connectivity index (χ1n) is 3.50. The van der Waals surface area contributed by atoms with Crippen LogP contribution in [0.3, 0.4) is 0 Å². The molecule has 0 aromatic heterocycles. The van der Waals surface area contributed by atoms with E-state index in [0.29, 0.717) is 0 Å². The van der Waals surface area contributed by atoms with Gasteiger partial charge in [0.05, 0.1) is 12.0 Å². The van der Waals surface area contributed by atoms with E-state index in [4.69, 9.17) is 16.3 Å². The lowest BCUT2D eigenvalue weighted by Crippen LogP contribution is -2.41. The molecule has 0 bridgehead atoms. The Morgan fingerprint density at radius 3 is 3.08 bits per heavy atom. The summed E-state index contributed by atoms with van der Waals surface area (Å²) in [4.78, 5) is 0. The summed E-state index contributed by atoms with van der Waals surface area (Å²) < 4.78 is 5.69. The Labute approximate surface area is 85.0 Å². The van der Waals surface area contributed by atoms with Crippen molar-refractivity contribution >= 4 is 27.5 Å². The van der Waals surface area contributed by atoms with Crippen molar-refractivity contribution in [3.63, 3.8) is 0 Å². The average molecular weight is 254 g/mol. The molecule has 2 unspecified atom stereocenters. The minimum atomic E-state index is -1.09. The molecule has 0 aliphatic heterocycles. The minimum Gasteiger partial charge on any atom is -0.381 e. The highest BCUT2D eigenvalue weighted by molar-refractivity contribution is 9.11. The van der Waals surface area contributed by atoms with Crippen molar-refractivity contribution in [2.75, 3.05) is 13.7 Å². The number of aliphatic hydroxyl groups is 1. The van der Waals surface area contributed by atoms with Crippen LogP contribution in [0.2, 0.25) is 0 Å². The van der Waals surface area contributed by atoms with Crippen molar-refractivity contribution in [2.24, 2.45) is 0 Å². The van der Waals surface area contributed by atoms with E-state index in [1.165, 1.54) is 7.11 Å². The van der Waals surface area contributed by atoms with Gasteiger partial charge >= 0.3 is 0 Å². The minimum absolute atomic E-state index is 0.195. The van der Waals surface area contributed by atoms with Gasteiger partial charge in [0, 0.05) is 11.6 Å². The number of methoxy groups -OCH3 is 1. The highest BCUT2D eigenvalue weighted by Crippen LogP contribution is 2.28. The lowest BCUT2D eigenvalue weighted by molar-refractivity contribution is 0.0101. The van der Waals surface area contributed by atoms with Crippen LogP contribution in [0, 0.1) is 0 Å². The molecule has 0 heterocycles. The normalized spacial score (nSPS) is 35.0. The molecule has 1 N–H and O–H groups in total. The van der Waals surface area contributed by atoms with Crippen molar-refractivity contribution in [3.05, 3.63) is 22.7 Å². The maximum Gasteiger partial charge on any atom is 0.127 e. The van der Waals surface area contributed by atoms with Crippen LogP contribution in [-0.2, 0) is 4.74 Å². The molecule has 2 nitrogen and oxygen atoms in total. The summed E-state index contributed by atoms with van der Waals surface area (Å²) in [5, 5.41) is 9.46. The van der Waals surface area contributed by atoms with Crippen LogP contribution in [0.4, 0.5) is 0 Å². The Morgan fingerprint density at radius 2 is 2.50 bits per heavy atom. The Bertz CT molecular complexity index is 227. The molecule has 0 aromatic carbocycles. The summed E-state index contributed by atoms with van der Waals surface area (Å²) in [5.74, 6) is 0. The summed E-state index contributed by atoms with van der Waals surface area (Å²) in [6, 6.07) is 0. The van der Waals surface area contributed by atoms with E-state index in [1.807, 2.05) is 6.08 Å². The third-order valence-electron chi connectivity index (χ3n) is 1.67. The third-order valence-corrected chi connectivity index (χ3v) is 2.68. The third kappa shape index (κ3) is 2.10. The molecule has 0 fully saturated rings. The topological polar surface area (TPSA) is 29.5 Å². The van der Waals surface area contributed by atoms with Gasteiger partial charge in [0.15, 0.2) is 0 Å². The number of alkyl halides is 1. The first kappa shape index (κ1) is 10.3. The van der Waals surface area contributed by atoms with Gasteiger partial charge in [-0.3, -0.25) is 0 Å². The molecule has 1 aliphatic carbocycles. The maximum atomic E-state index is 9.90. The molecular formula is C8H10BrClO2. The highest BCUT2D eigenvalue weighted by Gasteiger charge is 2.34. The fraction of sp³-hybridized carbons (Fsp3) is 0.500. The van der Waals surface area contributed by atoms with E-state index in [-0.39, 0.29) is 6.61 Å². The number of hydrogen-bond donors (Lipinski definition) is 1. The zero-order valence-corrected chi connectivity index (χ0v) is 8.97. The molecule has 0 aromatic rings. The average Bonchev–Trinajstić information content (AvgIpc) is 1.98. The van der Waals surface area contributed by atoms with Crippen LogP contribution in [0.15, 0.2) is 22.7 Å². The molecule has 2 atom stereocenters. The van der Waals surface area contributed by atoms with E-state index in [1.54, 1.807) is 12.2 Å². The zero-order valence-electron chi connectivity index (χ0n) is 6.63. The fourth-order valence-electron chi connectivity index (χ4n) is 1.06. The standard InChI is InChI=1S/C8H10BrClO2/c1-12-5-8(11)4-6(9)2-3-7(8)10/h2-4,7,11H,5H2,1H3. The van der Waals surface area contributed by atoms with E-state index in [0.717, 1.165) is 4.48 Å². The smallest absolute Gasteiger partial charge is 0.127 e. The maximum absolute atomic E-state index is 9.90. The van der Waals surface area contributed by atoms with Crippen LogP contribution in [0.25, 0.3) is 0 Å². The van der Waals surface area contributed by atoms with E-state index in [2.05, 4.69) is 15.9 Å². The second-order valence-electron chi connectivity index (χ2n) is 2.71. The number of rotatable bonds is 2. The molecule has 0 spiro atoms. The Balaban J connectivity index is 2.81. The number of ether oxygens (including phenoxy) is 1. The molecule has 0 amide bonds. The molecule has 1 aliphatic rings. The van der Waals surface area contributed by atoms with Crippen LogP contribution in [0.1, 0.15) is 0 Å². The van der Waals surface area contributed by atoms with Crippen molar-refractivity contribution in [1.82, 2.24) is 0 Å². The Morgan fingerprint density at radius 1 is 1.83 bits per heavy atom. The van der Waals surface area contributed by atoms with Crippen molar-refractivity contribution in [2.45, 2.75) is 11.0 Å². The van der Waals surface area contributed by atoms with E-state index >= 15 is 0 Å². The highest BCUT2D eigenvalue weighted by atomic mass is 79.9. The quantitative estimate of drug-likeness (QED) is 0.761. The van der Waals surface area contributed by atoms with Crippen LogP contribution in [0.5, 0.6) is 0 Å². The molecule has 0 saturated carbocycles. The van der Waals surface area contributed by atoms with Gasteiger partial charge in [-0.2, -0.15) is 0 Å². The summed E-state index contributed by atoms with van der Waals surface area (Å²) >= 11 is 9.15. The van der Waals surface area contributed by atoms with Gasteiger partial charge in [-0.15, -0.1) is 11.6 Å². The number of allylic oxidation sites excluding steroid dienone is 2. The van der Waals surface area contributed by atoms with Crippen LogP contribution >= 0.6 is 27.5 Å². The number of halogens is 2. The summed E-state index contributed by atoms with van der Waals surface area (Å²) in [7, 11) is 1.53. The van der Waals surface area contributed by atoms with Gasteiger partial charge in [0.2, 0.25) is 0 Å². The predicted octanol–water partition coefficient (Wildman–Crippen LogP) is 1.82. The van der Waals surface area contributed by atoms with E-state index in [9.17, 15) is 5.11 Å². The summed E-state index contributed by atoms with van der Waals surface area (Å²) in [6.45, 7) is 0.195. The predicted molar refractivity (Wildman–Crippen MR) is 52.6 cm³/mol. The largest absolute Gasteiger partial charge is 0.381 e. The SMILES string of the molecule is COCC1(O)C=C(Br)C=CC1Cl. The lowest BCUT2D eigenvalue weighted by atomic mass is 9.96. The summed E-state index contributed by atoms with van der Waals surface area (Å²) in [5.41, 5.74) is -1.09. The van der Waals surface area contributed by atoms with Crippen molar-refractivity contribution in [3.8, 4) is 0 Å². The summed E-state index contributed by atoms with van der Waals surface area (Å²) in [6.07, 6.45) is 5.18. The van der Waals surface area contributed by atoms with Gasteiger partial charge < -0.3 is 9.84 Å². The number of hydrogen-bond acceptors (Lipinski definition) is 2. The zero-order chi connectivity index (χ0) is 9.19. The first-order chi connectivity index (χ1) is 5.58. The van der Waals surface area contributed by atoms with Gasteiger partial charge in [-0.05, 0) is 6.08 Å². The van der Waals surface area contributed by atoms with Gasteiger partial charge in [0.1, 0.15) is 5.60 Å². The Hall–Kier alpha value is 0.170.